The van der Waals surface area contributed by atoms with Crippen LogP contribution in [0.1, 0.15) is 0 Å². The molecule has 0 aliphatic heterocycles. The van der Waals surface area contributed by atoms with Gasteiger partial charge < -0.3 is 0 Å². The van der Waals surface area contributed by atoms with Gasteiger partial charge in [0.1, 0.15) is 0 Å². The summed E-state index contributed by atoms with van der Waals surface area (Å²) in [6.45, 7) is 0. The van der Waals surface area contributed by atoms with Crippen molar-refractivity contribution < 1.29 is 11.6 Å². The van der Waals surface area contributed by atoms with Crippen LogP contribution in [0.4, 0.5) is 0 Å². The average Bonchev–Trinajstić information content (AvgIpc) is 1.38. The zero-order valence-electron chi connectivity index (χ0n) is 2.76. The van der Waals surface area contributed by atoms with Crippen molar-refractivity contribution >= 4 is 74.4 Å². The summed E-state index contributed by atoms with van der Waals surface area (Å²) in [5.74, 6) is 0. The molecule has 0 saturated heterocycles. The minimum absolute atomic E-state index is 0. The van der Waals surface area contributed by atoms with Crippen LogP contribution in [0, 0.1) is 0 Å². The van der Waals surface area contributed by atoms with Gasteiger partial charge in [-0.3, -0.25) is 0 Å². The third kappa shape index (κ3) is 17.8. The first-order valence-electron chi connectivity index (χ1n) is 1.04. The Morgan fingerprint density at radius 3 is 1.71 bits per heavy atom. The van der Waals surface area contributed by atoms with Gasteiger partial charge in [-0.2, -0.15) is 0 Å². The number of hydrogen-bond acceptors (Lipinski definition) is 2. The Morgan fingerprint density at radius 1 is 1.57 bits per heavy atom. The van der Waals surface area contributed by atoms with Gasteiger partial charge in [-0.05, 0) is 0 Å². The molecule has 0 aromatic heterocycles. The van der Waals surface area contributed by atoms with Crippen molar-refractivity contribution in [2.75, 3.05) is 7.11 Å². The van der Waals surface area contributed by atoms with E-state index in [4.69, 9.17) is 4.10 Å². The fourth-order valence-electron chi connectivity index (χ4n) is 0. The van der Waals surface area contributed by atoms with Gasteiger partial charge in [0.2, 0.25) is 0 Å². The quantitative estimate of drug-likeness (QED) is 0.462. The predicted octanol–water partition coefficient (Wildman–Crippen LogP) is -2.52. The van der Waals surface area contributed by atoms with Crippen molar-refractivity contribution in [2.45, 2.75) is 0 Å². The molecule has 3 nitrogen and oxygen atoms in total. The van der Waals surface area contributed by atoms with Gasteiger partial charge in [0.05, 0.1) is 0 Å². The monoisotopic (exact) mass is 188 g/mol. The van der Waals surface area contributed by atoms with Crippen LogP contribution in [0.25, 0.3) is 0 Å². The van der Waals surface area contributed by atoms with Crippen LogP contribution in [0.3, 0.4) is 0 Å². The molecule has 0 spiro atoms. The van der Waals surface area contributed by atoms with Crippen LogP contribution in [0.15, 0.2) is 0 Å². The molecule has 0 radical (unpaired) electrons. The van der Waals surface area contributed by atoms with Crippen LogP contribution < -0.4 is 0 Å². The molecule has 0 rings (SSSR count). The van der Waals surface area contributed by atoms with Crippen LogP contribution in [0.2, 0.25) is 0 Å². The Balaban J connectivity index is -0.0000000800. The zero-order chi connectivity index (χ0) is 4.28. The molecule has 7 heavy (non-hydrogen) atoms. The molecule has 0 saturated carbocycles. The first-order valence-corrected chi connectivity index (χ1v) is 3.69. The minimum atomic E-state index is -3.11. The zero-order valence-corrected chi connectivity index (χ0v) is 4.86. The first kappa shape index (κ1) is 16.1. The predicted molar refractivity (Wildman–Crippen MR) is 31.4 cm³/mol. The third-order valence-corrected chi connectivity index (χ3v) is 0.907. The van der Waals surface area contributed by atoms with Crippen LogP contribution in [-0.4, -0.2) is 85.6 Å². The molecule has 0 bridgehead atoms. The molecular formula is CH7AsNa2O3. The molecule has 1 atom stereocenters. The van der Waals surface area contributed by atoms with Crippen molar-refractivity contribution in [1.82, 2.24) is 0 Å². The van der Waals surface area contributed by atoms with E-state index in [0.29, 0.717) is 0 Å². The van der Waals surface area contributed by atoms with E-state index < -0.39 is 15.3 Å². The summed E-state index contributed by atoms with van der Waals surface area (Å²) in [7, 11) is 1.21. The molecular weight excluding hydrogens is 181 g/mol. The van der Waals surface area contributed by atoms with Crippen molar-refractivity contribution in [3.63, 3.8) is 0 Å². The number of rotatable bonds is 1. The molecule has 0 heterocycles. The fraction of sp³-hybridized carbons (Fsp3) is 1.00. The summed E-state index contributed by atoms with van der Waals surface area (Å²) < 4.78 is 21.1. The van der Waals surface area contributed by atoms with Gasteiger partial charge in [0.25, 0.3) is 0 Å². The molecule has 6 heteroatoms. The van der Waals surface area contributed by atoms with E-state index in [9.17, 15) is 3.74 Å². The van der Waals surface area contributed by atoms with Crippen molar-refractivity contribution in [1.29, 1.82) is 0 Å². The van der Waals surface area contributed by atoms with E-state index in [0.717, 1.165) is 0 Å². The van der Waals surface area contributed by atoms with Gasteiger partial charge in [-0.15, -0.1) is 0 Å². The molecule has 0 fully saturated rings. The van der Waals surface area contributed by atoms with Gasteiger partial charge >= 0.3 is 93.1 Å². The van der Waals surface area contributed by atoms with Gasteiger partial charge in [-0.25, -0.2) is 0 Å². The van der Waals surface area contributed by atoms with Crippen LogP contribution in [-0.2, 0) is 7.47 Å². The van der Waals surface area contributed by atoms with Crippen molar-refractivity contribution in [2.24, 2.45) is 0 Å². The molecule has 36 valence electrons. The summed E-state index contributed by atoms with van der Waals surface area (Å²) in [5.41, 5.74) is 0. The first-order chi connectivity index (χ1) is 2.27. The van der Waals surface area contributed by atoms with E-state index in [2.05, 4.69) is 3.73 Å². The van der Waals surface area contributed by atoms with Gasteiger partial charge in [-0.1, -0.05) is 0 Å². The Hall–Kier alpha value is 2.28. The van der Waals surface area contributed by atoms with Crippen molar-refractivity contribution in [3.8, 4) is 0 Å². The van der Waals surface area contributed by atoms with Gasteiger partial charge in [0, 0.05) is 0 Å². The summed E-state index contributed by atoms with van der Waals surface area (Å²) in [6, 6.07) is 0. The molecule has 0 aliphatic carbocycles. The molecule has 1 N–H and O–H groups in total. The summed E-state index contributed by atoms with van der Waals surface area (Å²) in [5, 5.41) is 0. The Labute approximate surface area is 91.6 Å². The average molecular weight is 188 g/mol. The third-order valence-electron chi connectivity index (χ3n) is 0.175. The molecule has 0 aliphatic rings. The maximum atomic E-state index is 9.40. The summed E-state index contributed by atoms with van der Waals surface area (Å²) >= 11 is -3.11. The Bertz CT molecular complexity index is 48.2. The topological polar surface area (TPSA) is 46.5 Å². The molecule has 0 amide bonds. The molecule has 0 aromatic carbocycles. The van der Waals surface area contributed by atoms with Gasteiger partial charge in [0.15, 0.2) is 0 Å². The molecule has 1 unspecified atom stereocenters. The summed E-state index contributed by atoms with van der Waals surface area (Å²) in [4.78, 5) is 0. The summed E-state index contributed by atoms with van der Waals surface area (Å²) in [6.07, 6.45) is 0. The second-order valence-corrected chi connectivity index (χ2v) is 2.44. The van der Waals surface area contributed by atoms with Crippen LogP contribution >= 0.6 is 0 Å². The SMILES string of the molecule is CO[AsH](=O)O.[NaH].[NaH]. The fourth-order valence-corrected chi connectivity index (χ4v) is 0. The normalized spacial score (nSPS) is 10.6. The standard InChI is InChI=1S/CH5AsO3.2Na.2H/c1-5-2(3)4;;;;/h2H,1H3,(H,3,4);;;;. The second kappa shape index (κ2) is 11.1. The Morgan fingerprint density at radius 2 is 1.71 bits per heavy atom. The van der Waals surface area contributed by atoms with E-state index in [1.807, 2.05) is 0 Å². The van der Waals surface area contributed by atoms with E-state index >= 15 is 0 Å². The van der Waals surface area contributed by atoms with E-state index in [1.54, 1.807) is 0 Å². The van der Waals surface area contributed by atoms with Crippen LogP contribution in [0.5, 0.6) is 0 Å². The molecule has 0 aromatic rings. The van der Waals surface area contributed by atoms with E-state index in [-0.39, 0.29) is 59.1 Å². The second-order valence-electron chi connectivity index (χ2n) is 0.470. The van der Waals surface area contributed by atoms with Crippen molar-refractivity contribution in [3.05, 3.63) is 0 Å². The Kier molecular flexibility index (Phi) is 25.6. The maximum absolute atomic E-state index is 9.40. The number of hydrogen-bond donors (Lipinski definition) is 1. The van der Waals surface area contributed by atoms with E-state index in [1.165, 1.54) is 7.11 Å².